The van der Waals surface area contributed by atoms with Gasteiger partial charge in [0.05, 0.1) is 5.69 Å². The summed E-state index contributed by atoms with van der Waals surface area (Å²) in [5.41, 5.74) is 3.48. The Labute approximate surface area is 184 Å². The highest BCUT2D eigenvalue weighted by Crippen LogP contribution is 2.29. The zero-order valence-electron chi connectivity index (χ0n) is 18.3. The van der Waals surface area contributed by atoms with E-state index in [0.29, 0.717) is 25.1 Å². The summed E-state index contributed by atoms with van der Waals surface area (Å²) in [5.74, 6) is 2.20. The maximum atomic E-state index is 12.0. The number of carbonyl (C=O) groups excluding carboxylic acids is 1. The first-order valence-corrected chi connectivity index (χ1v) is 11.5. The molecule has 31 heavy (non-hydrogen) atoms. The minimum absolute atomic E-state index is 0.304. The van der Waals surface area contributed by atoms with E-state index in [0.717, 1.165) is 55.9 Å². The lowest BCUT2D eigenvalue weighted by Gasteiger charge is -2.29. The van der Waals surface area contributed by atoms with Gasteiger partial charge >= 0.3 is 6.09 Å². The van der Waals surface area contributed by atoms with Crippen LogP contribution in [0, 0.1) is 5.92 Å². The number of hydrogen-bond acceptors (Lipinski definition) is 6. The van der Waals surface area contributed by atoms with Gasteiger partial charge in [-0.15, -0.1) is 0 Å². The molecule has 0 atom stereocenters. The highest BCUT2D eigenvalue weighted by molar-refractivity contribution is 5.67. The lowest BCUT2D eigenvalue weighted by Crippen LogP contribution is -2.34. The average molecular weight is 424 g/mol. The molecule has 0 saturated heterocycles. The molecule has 1 fully saturated rings. The summed E-state index contributed by atoms with van der Waals surface area (Å²) in [4.78, 5) is 21.5. The molecular formula is C24H33N5O2. The van der Waals surface area contributed by atoms with E-state index in [1.807, 2.05) is 37.4 Å². The maximum Gasteiger partial charge on any atom is 0.407 e. The third-order valence-electron chi connectivity index (χ3n) is 6.35. The van der Waals surface area contributed by atoms with E-state index in [1.165, 1.54) is 24.1 Å². The van der Waals surface area contributed by atoms with Crippen LogP contribution in [0.4, 0.5) is 16.6 Å². The monoisotopic (exact) mass is 423 g/mol. The SMILES string of the molecule is CNc1nc(N[C@H]2CC[C@@H](CNC(=O)OCc3ccccc3)CC2)nc2c1CCCC2. The van der Waals surface area contributed by atoms with Crippen LogP contribution in [0.3, 0.4) is 0 Å². The van der Waals surface area contributed by atoms with E-state index in [1.54, 1.807) is 0 Å². The van der Waals surface area contributed by atoms with E-state index in [2.05, 4.69) is 16.0 Å². The Balaban J connectivity index is 1.20. The van der Waals surface area contributed by atoms with Gasteiger partial charge in [0.1, 0.15) is 12.4 Å². The molecule has 1 aromatic carbocycles. The van der Waals surface area contributed by atoms with Crippen LogP contribution in [0.2, 0.25) is 0 Å². The lowest BCUT2D eigenvalue weighted by atomic mass is 9.86. The summed E-state index contributed by atoms with van der Waals surface area (Å²) in [5, 5.41) is 9.72. The Bertz CT molecular complexity index is 849. The number of nitrogens with one attached hydrogen (secondary N) is 3. The van der Waals surface area contributed by atoms with Gasteiger partial charge < -0.3 is 20.7 Å². The number of fused-ring (bicyclic) bond motifs is 1. The van der Waals surface area contributed by atoms with Gasteiger partial charge in [-0.2, -0.15) is 4.98 Å². The van der Waals surface area contributed by atoms with E-state index in [9.17, 15) is 4.79 Å². The number of benzene rings is 1. The highest BCUT2D eigenvalue weighted by atomic mass is 16.5. The van der Waals surface area contributed by atoms with E-state index in [-0.39, 0.29) is 6.09 Å². The zero-order chi connectivity index (χ0) is 21.5. The van der Waals surface area contributed by atoms with Crippen LogP contribution in [0.1, 0.15) is 55.3 Å². The predicted octanol–water partition coefficient (Wildman–Crippen LogP) is 4.29. The number of ether oxygens (including phenoxy) is 1. The first kappa shape index (κ1) is 21.4. The molecule has 0 radical (unpaired) electrons. The van der Waals surface area contributed by atoms with Crippen molar-refractivity contribution in [1.82, 2.24) is 15.3 Å². The smallest absolute Gasteiger partial charge is 0.407 e. The van der Waals surface area contributed by atoms with Gasteiger partial charge in [-0.25, -0.2) is 9.78 Å². The Hall–Kier alpha value is -2.83. The third-order valence-corrected chi connectivity index (χ3v) is 6.35. The van der Waals surface area contributed by atoms with E-state index < -0.39 is 0 Å². The van der Waals surface area contributed by atoms with Crippen molar-refractivity contribution in [2.24, 2.45) is 5.92 Å². The molecule has 0 bridgehead atoms. The molecule has 2 aliphatic rings. The number of hydrogen-bond donors (Lipinski definition) is 3. The quantitative estimate of drug-likeness (QED) is 0.616. The minimum Gasteiger partial charge on any atom is -0.445 e. The maximum absolute atomic E-state index is 12.0. The van der Waals surface area contributed by atoms with Gasteiger partial charge in [0, 0.05) is 25.2 Å². The average Bonchev–Trinajstić information content (AvgIpc) is 2.82. The van der Waals surface area contributed by atoms with Crippen molar-refractivity contribution >= 4 is 17.9 Å². The fourth-order valence-corrected chi connectivity index (χ4v) is 4.56. The van der Waals surface area contributed by atoms with Crippen LogP contribution in [0.15, 0.2) is 30.3 Å². The summed E-state index contributed by atoms with van der Waals surface area (Å²) in [7, 11) is 1.93. The van der Waals surface area contributed by atoms with Crippen LogP contribution in [-0.2, 0) is 24.2 Å². The summed E-state index contributed by atoms with van der Waals surface area (Å²) in [6.45, 7) is 0.971. The molecule has 0 unspecified atom stereocenters. The summed E-state index contributed by atoms with van der Waals surface area (Å²) in [6, 6.07) is 10.1. The van der Waals surface area contributed by atoms with Gasteiger partial charge in [0.25, 0.3) is 0 Å². The topological polar surface area (TPSA) is 88.2 Å². The van der Waals surface area contributed by atoms with E-state index >= 15 is 0 Å². The van der Waals surface area contributed by atoms with Crippen molar-refractivity contribution in [2.75, 3.05) is 24.2 Å². The second-order valence-corrected chi connectivity index (χ2v) is 8.58. The zero-order valence-corrected chi connectivity index (χ0v) is 18.3. The molecule has 0 spiro atoms. The summed E-state index contributed by atoms with van der Waals surface area (Å²) < 4.78 is 5.30. The van der Waals surface area contributed by atoms with Crippen LogP contribution in [0.5, 0.6) is 0 Å². The highest BCUT2D eigenvalue weighted by Gasteiger charge is 2.24. The number of aryl methyl sites for hydroxylation is 1. The second kappa shape index (κ2) is 10.5. The second-order valence-electron chi connectivity index (χ2n) is 8.58. The van der Waals surface area contributed by atoms with Gasteiger partial charge in [0.15, 0.2) is 0 Å². The lowest BCUT2D eigenvalue weighted by molar-refractivity contribution is 0.136. The first-order valence-electron chi connectivity index (χ1n) is 11.5. The predicted molar refractivity (Wildman–Crippen MR) is 122 cm³/mol. The van der Waals surface area contributed by atoms with Crippen LogP contribution in [-0.4, -0.2) is 35.7 Å². The number of nitrogens with zero attached hydrogens (tertiary/aromatic N) is 2. The molecular weight excluding hydrogens is 390 g/mol. The molecule has 2 aromatic rings. The fraction of sp³-hybridized carbons (Fsp3) is 0.542. The number of alkyl carbamates (subject to hydrolysis) is 1. The summed E-state index contributed by atoms with van der Waals surface area (Å²) in [6.07, 6.45) is 8.44. The Morgan fingerprint density at radius 1 is 1.06 bits per heavy atom. The molecule has 3 N–H and O–H groups in total. The molecule has 1 aromatic heterocycles. The standard InChI is InChI=1S/C24H33N5O2/c1-25-22-20-9-5-6-10-21(20)28-23(29-22)27-19-13-11-17(12-14-19)15-26-24(30)31-16-18-7-3-2-4-8-18/h2-4,7-8,17,19H,5-6,9-16H2,1H3,(H,26,30)(H2,25,27,28,29)/t17-,19+. The van der Waals surface area contributed by atoms with Crippen molar-refractivity contribution in [1.29, 1.82) is 0 Å². The number of aromatic nitrogens is 2. The first-order chi connectivity index (χ1) is 15.2. The minimum atomic E-state index is -0.342. The molecule has 4 rings (SSSR count). The van der Waals surface area contributed by atoms with Crippen molar-refractivity contribution < 1.29 is 9.53 Å². The number of anilines is 2. The molecule has 1 heterocycles. The fourth-order valence-electron chi connectivity index (χ4n) is 4.56. The molecule has 7 nitrogen and oxygen atoms in total. The van der Waals surface area contributed by atoms with Crippen LogP contribution < -0.4 is 16.0 Å². The normalized spacial score (nSPS) is 20.4. The Morgan fingerprint density at radius 2 is 1.84 bits per heavy atom. The third kappa shape index (κ3) is 5.87. The van der Waals surface area contributed by atoms with E-state index in [4.69, 9.17) is 14.7 Å². The van der Waals surface area contributed by atoms with Crippen molar-refractivity contribution in [2.45, 2.75) is 64.0 Å². The molecule has 1 amide bonds. The van der Waals surface area contributed by atoms with Crippen molar-refractivity contribution in [3.05, 3.63) is 47.2 Å². The van der Waals surface area contributed by atoms with Gasteiger partial charge in [-0.05, 0) is 62.8 Å². The Morgan fingerprint density at radius 3 is 2.61 bits per heavy atom. The van der Waals surface area contributed by atoms with Crippen LogP contribution in [0.25, 0.3) is 0 Å². The number of rotatable bonds is 7. The van der Waals surface area contributed by atoms with Gasteiger partial charge in [-0.1, -0.05) is 30.3 Å². The van der Waals surface area contributed by atoms with Gasteiger partial charge in [0.2, 0.25) is 5.95 Å². The number of amides is 1. The van der Waals surface area contributed by atoms with Gasteiger partial charge in [-0.3, -0.25) is 0 Å². The Kier molecular flexibility index (Phi) is 7.22. The molecule has 1 saturated carbocycles. The molecule has 7 heteroatoms. The largest absolute Gasteiger partial charge is 0.445 e. The molecule has 0 aliphatic heterocycles. The van der Waals surface area contributed by atoms with Crippen LogP contribution >= 0.6 is 0 Å². The van der Waals surface area contributed by atoms with Crippen molar-refractivity contribution in [3.8, 4) is 0 Å². The molecule has 2 aliphatic carbocycles. The summed E-state index contributed by atoms with van der Waals surface area (Å²) >= 11 is 0. The number of carbonyl (C=O) groups is 1. The van der Waals surface area contributed by atoms with Crippen molar-refractivity contribution in [3.63, 3.8) is 0 Å². The molecule has 166 valence electrons.